The number of carbonyl (C=O) groups excluding carboxylic acids is 1. The van der Waals surface area contributed by atoms with Gasteiger partial charge in [-0.1, -0.05) is 0 Å². The monoisotopic (exact) mass is 250 g/mol. The Balaban J connectivity index is 2.11. The van der Waals surface area contributed by atoms with Crippen molar-refractivity contribution in [3.63, 3.8) is 0 Å². The SMILES string of the molecule is COC(=O)c1nccc(NC2(C)CCNCC2)n1. The van der Waals surface area contributed by atoms with Crippen molar-refractivity contribution >= 4 is 11.8 Å². The number of nitrogens with zero attached hydrogens (tertiary/aromatic N) is 2. The summed E-state index contributed by atoms with van der Waals surface area (Å²) in [6, 6.07) is 1.76. The molecule has 0 saturated carbocycles. The molecule has 0 unspecified atom stereocenters. The molecule has 1 aliphatic heterocycles. The molecule has 2 N–H and O–H groups in total. The Kier molecular flexibility index (Phi) is 3.76. The molecule has 98 valence electrons. The third-order valence-electron chi connectivity index (χ3n) is 3.16. The van der Waals surface area contributed by atoms with E-state index in [2.05, 4.69) is 32.3 Å². The predicted molar refractivity (Wildman–Crippen MR) is 67.5 cm³/mol. The Morgan fingerprint density at radius 1 is 1.50 bits per heavy atom. The minimum absolute atomic E-state index is 0.00694. The van der Waals surface area contributed by atoms with Crippen LogP contribution in [-0.2, 0) is 4.74 Å². The van der Waals surface area contributed by atoms with Gasteiger partial charge in [0, 0.05) is 11.7 Å². The summed E-state index contributed by atoms with van der Waals surface area (Å²) in [6.07, 6.45) is 3.60. The lowest BCUT2D eigenvalue weighted by Gasteiger charge is -2.35. The lowest BCUT2D eigenvalue weighted by Crippen LogP contribution is -2.45. The van der Waals surface area contributed by atoms with E-state index in [9.17, 15) is 4.79 Å². The summed E-state index contributed by atoms with van der Waals surface area (Å²) in [6.45, 7) is 4.13. The van der Waals surface area contributed by atoms with Gasteiger partial charge in [0.15, 0.2) is 0 Å². The number of rotatable bonds is 3. The quantitative estimate of drug-likeness (QED) is 0.773. The van der Waals surface area contributed by atoms with Crippen molar-refractivity contribution in [2.45, 2.75) is 25.3 Å². The molecule has 18 heavy (non-hydrogen) atoms. The molecule has 6 nitrogen and oxygen atoms in total. The van der Waals surface area contributed by atoms with E-state index in [0.29, 0.717) is 5.82 Å². The topological polar surface area (TPSA) is 76.1 Å². The fourth-order valence-electron chi connectivity index (χ4n) is 2.03. The molecule has 1 aromatic heterocycles. The second-order valence-electron chi connectivity index (χ2n) is 4.69. The van der Waals surface area contributed by atoms with Gasteiger partial charge in [-0.3, -0.25) is 0 Å². The van der Waals surface area contributed by atoms with Gasteiger partial charge in [-0.15, -0.1) is 0 Å². The third-order valence-corrected chi connectivity index (χ3v) is 3.16. The Bertz CT molecular complexity index is 430. The normalized spacial score (nSPS) is 18.1. The second-order valence-corrected chi connectivity index (χ2v) is 4.69. The maximum Gasteiger partial charge on any atom is 0.376 e. The minimum Gasteiger partial charge on any atom is -0.463 e. The first kappa shape index (κ1) is 12.8. The number of anilines is 1. The predicted octanol–water partition coefficient (Wildman–Crippen LogP) is 0.817. The molecule has 1 aromatic rings. The van der Waals surface area contributed by atoms with Crippen LogP contribution in [0.1, 0.15) is 30.4 Å². The fourth-order valence-corrected chi connectivity index (χ4v) is 2.03. The zero-order chi connectivity index (χ0) is 13.0. The van der Waals surface area contributed by atoms with Gasteiger partial charge in [0.2, 0.25) is 5.82 Å². The number of ether oxygens (including phenoxy) is 1. The number of esters is 1. The largest absolute Gasteiger partial charge is 0.463 e. The number of carbonyl (C=O) groups is 1. The number of hydrogen-bond donors (Lipinski definition) is 2. The van der Waals surface area contributed by atoms with Crippen LogP contribution >= 0.6 is 0 Å². The molecule has 0 aromatic carbocycles. The number of nitrogens with one attached hydrogen (secondary N) is 2. The zero-order valence-corrected chi connectivity index (χ0v) is 10.7. The number of piperidine rings is 1. The van der Waals surface area contributed by atoms with Gasteiger partial charge in [-0.2, -0.15) is 0 Å². The van der Waals surface area contributed by atoms with Crippen molar-refractivity contribution in [3.8, 4) is 0 Å². The summed E-state index contributed by atoms with van der Waals surface area (Å²) in [7, 11) is 1.32. The Labute approximate surface area is 106 Å². The van der Waals surface area contributed by atoms with Crippen LogP contribution in [0.3, 0.4) is 0 Å². The molecule has 0 amide bonds. The van der Waals surface area contributed by atoms with Gasteiger partial charge >= 0.3 is 5.97 Å². The van der Waals surface area contributed by atoms with Gasteiger partial charge in [0.05, 0.1) is 7.11 Å². The van der Waals surface area contributed by atoms with Gasteiger partial charge in [-0.05, 0) is 38.9 Å². The van der Waals surface area contributed by atoms with Crippen molar-refractivity contribution in [1.29, 1.82) is 0 Å². The summed E-state index contributed by atoms with van der Waals surface area (Å²) in [5.74, 6) is 0.226. The molecular formula is C12H18N4O2. The first-order valence-corrected chi connectivity index (χ1v) is 6.03. The van der Waals surface area contributed by atoms with Crippen LogP contribution < -0.4 is 10.6 Å². The molecule has 2 rings (SSSR count). The summed E-state index contributed by atoms with van der Waals surface area (Å²) in [5.41, 5.74) is 0.00694. The van der Waals surface area contributed by atoms with Crippen LogP contribution in [0.2, 0.25) is 0 Å². The van der Waals surface area contributed by atoms with Crippen LogP contribution in [0.4, 0.5) is 5.82 Å². The lowest BCUT2D eigenvalue weighted by atomic mass is 9.91. The van der Waals surface area contributed by atoms with Gasteiger partial charge in [-0.25, -0.2) is 14.8 Å². The maximum absolute atomic E-state index is 11.4. The van der Waals surface area contributed by atoms with Crippen molar-refractivity contribution in [2.24, 2.45) is 0 Å². The Hall–Kier alpha value is -1.69. The molecule has 2 heterocycles. The average molecular weight is 250 g/mol. The van der Waals surface area contributed by atoms with E-state index >= 15 is 0 Å². The smallest absolute Gasteiger partial charge is 0.376 e. The number of hydrogen-bond acceptors (Lipinski definition) is 6. The van der Waals surface area contributed by atoms with Crippen LogP contribution in [0.25, 0.3) is 0 Å². The molecule has 0 atom stereocenters. The Morgan fingerprint density at radius 2 is 2.22 bits per heavy atom. The zero-order valence-electron chi connectivity index (χ0n) is 10.7. The van der Waals surface area contributed by atoms with Crippen molar-refractivity contribution in [3.05, 3.63) is 18.1 Å². The van der Waals surface area contributed by atoms with E-state index in [1.807, 2.05) is 0 Å². The summed E-state index contributed by atoms with van der Waals surface area (Å²) < 4.78 is 4.60. The van der Waals surface area contributed by atoms with E-state index in [-0.39, 0.29) is 11.4 Å². The molecule has 6 heteroatoms. The maximum atomic E-state index is 11.4. The van der Waals surface area contributed by atoms with Gasteiger partial charge in [0.1, 0.15) is 5.82 Å². The summed E-state index contributed by atoms with van der Waals surface area (Å²) >= 11 is 0. The highest BCUT2D eigenvalue weighted by Crippen LogP contribution is 2.22. The highest BCUT2D eigenvalue weighted by molar-refractivity contribution is 5.85. The molecular weight excluding hydrogens is 232 g/mol. The van der Waals surface area contributed by atoms with Crippen molar-refractivity contribution < 1.29 is 9.53 Å². The first-order valence-electron chi connectivity index (χ1n) is 6.03. The second kappa shape index (κ2) is 5.30. The molecule has 1 fully saturated rings. The molecule has 0 aliphatic carbocycles. The molecule has 0 spiro atoms. The van der Waals surface area contributed by atoms with E-state index in [1.54, 1.807) is 12.3 Å². The first-order chi connectivity index (χ1) is 8.63. The molecule has 1 saturated heterocycles. The standard InChI is InChI=1S/C12H18N4O2/c1-12(4-7-13-8-5-12)16-9-3-6-14-10(15-9)11(17)18-2/h3,6,13H,4-5,7-8H2,1-2H3,(H,14,15,16). The van der Waals surface area contributed by atoms with Crippen molar-refractivity contribution in [2.75, 3.05) is 25.5 Å². The van der Waals surface area contributed by atoms with E-state index < -0.39 is 5.97 Å². The highest BCUT2D eigenvalue weighted by Gasteiger charge is 2.26. The fraction of sp³-hybridized carbons (Fsp3) is 0.583. The minimum atomic E-state index is -0.519. The van der Waals surface area contributed by atoms with Gasteiger partial charge < -0.3 is 15.4 Å². The summed E-state index contributed by atoms with van der Waals surface area (Å²) in [5, 5.41) is 6.70. The number of methoxy groups -OCH3 is 1. The summed E-state index contributed by atoms with van der Waals surface area (Å²) in [4.78, 5) is 19.4. The van der Waals surface area contributed by atoms with Crippen molar-refractivity contribution in [1.82, 2.24) is 15.3 Å². The highest BCUT2D eigenvalue weighted by atomic mass is 16.5. The van der Waals surface area contributed by atoms with E-state index in [0.717, 1.165) is 25.9 Å². The van der Waals surface area contributed by atoms with E-state index in [1.165, 1.54) is 7.11 Å². The van der Waals surface area contributed by atoms with Crippen LogP contribution in [0, 0.1) is 0 Å². The van der Waals surface area contributed by atoms with Crippen LogP contribution in [0.15, 0.2) is 12.3 Å². The van der Waals surface area contributed by atoms with E-state index in [4.69, 9.17) is 0 Å². The Morgan fingerprint density at radius 3 is 2.89 bits per heavy atom. The molecule has 0 bridgehead atoms. The third kappa shape index (κ3) is 2.95. The molecule has 0 radical (unpaired) electrons. The van der Waals surface area contributed by atoms with Gasteiger partial charge in [0.25, 0.3) is 0 Å². The lowest BCUT2D eigenvalue weighted by molar-refractivity contribution is 0.0587. The van der Waals surface area contributed by atoms with Crippen LogP contribution in [0.5, 0.6) is 0 Å². The number of aromatic nitrogens is 2. The molecule has 1 aliphatic rings. The average Bonchev–Trinajstić information content (AvgIpc) is 2.38. The van der Waals surface area contributed by atoms with Crippen LogP contribution in [-0.4, -0.2) is 41.7 Å².